The molecule has 1 amide bonds. The first-order valence-corrected chi connectivity index (χ1v) is 8.07. The Hall–Kier alpha value is -1.62. The molecule has 5 heteroatoms. The van der Waals surface area contributed by atoms with Crippen LogP contribution in [0.4, 0.5) is 0 Å². The Bertz CT molecular complexity index is 467. The van der Waals surface area contributed by atoms with E-state index in [2.05, 4.69) is 11.9 Å². The third-order valence-electron chi connectivity index (χ3n) is 4.03. The molecule has 0 radical (unpaired) electrons. The number of amides is 1. The number of aromatic nitrogens is 1. The highest BCUT2D eigenvalue weighted by atomic mass is 16.5. The van der Waals surface area contributed by atoms with Crippen molar-refractivity contribution in [3.05, 3.63) is 23.9 Å². The van der Waals surface area contributed by atoms with Crippen LogP contribution in [0.5, 0.6) is 5.88 Å². The van der Waals surface area contributed by atoms with E-state index < -0.39 is 0 Å². The van der Waals surface area contributed by atoms with Gasteiger partial charge in [0.1, 0.15) is 12.7 Å². The fraction of sp³-hybridized carbons (Fsp3) is 0.647. The van der Waals surface area contributed by atoms with Crippen LogP contribution in [0.2, 0.25) is 0 Å². The first kappa shape index (κ1) is 16.7. The summed E-state index contributed by atoms with van der Waals surface area (Å²) in [5, 5.41) is 0. The second-order valence-corrected chi connectivity index (χ2v) is 5.90. The van der Waals surface area contributed by atoms with Crippen LogP contribution in [0.1, 0.15) is 38.7 Å². The summed E-state index contributed by atoms with van der Waals surface area (Å²) in [6.45, 7) is 7.67. The summed E-state index contributed by atoms with van der Waals surface area (Å²) in [5.74, 6) is 0.739. The molecule has 1 aliphatic heterocycles. The van der Waals surface area contributed by atoms with Gasteiger partial charge in [0.25, 0.3) is 0 Å². The number of pyridine rings is 1. The quantitative estimate of drug-likeness (QED) is 0.810. The number of carbonyl (C=O) groups is 1. The van der Waals surface area contributed by atoms with Gasteiger partial charge < -0.3 is 14.4 Å². The van der Waals surface area contributed by atoms with E-state index in [9.17, 15) is 4.79 Å². The zero-order valence-electron chi connectivity index (χ0n) is 13.7. The van der Waals surface area contributed by atoms with E-state index in [4.69, 9.17) is 9.47 Å². The molecule has 1 atom stereocenters. The summed E-state index contributed by atoms with van der Waals surface area (Å²) in [4.78, 5) is 18.2. The Kier molecular flexibility index (Phi) is 6.19. The zero-order valence-corrected chi connectivity index (χ0v) is 13.7. The minimum absolute atomic E-state index is 0.0761. The largest absolute Gasteiger partial charge is 0.474 e. The first-order valence-electron chi connectivity index (χ1n) is 8.07. The van der Waals surface area contributed by atoms with Crippen molar-refractivity contribution < 1.29 is 14.3 Å². The molecule has 1 unspecified atom stereocenters. The van der Waals surface area contributed by atoms with Gasteiger partial charge in [0, 0.05) is 38.2 Å². The monoisotopic (exact) mass is 306 g/mol. The molecule has 0 aliphatic carbocycles. The van der Waals surface area contributed by atoms with Gasteiger partial charge in [-0.05, 0) is 25.8 Å². The Morgan fingerprint density at radius 2 is 2.14 bits per heavy atom. The van der Waals surface area contributed by atoms with Crippen LogP contribution >= 0.6 is 0 Å². The van der Waals surface area contributed by atoms with Crippen LogP contribution in [0.15, 0.2) is 18.3 Å². The maximum absolute atomic E-state index is 12.1. The van der Waals surface area contributed by atoms with Crippen molar-refractivity contribution in [2.45, 2.75) is 52.2 Å². The van der Waals surface area contributed by atoms with Crippen LogP contribution in [0.25, 0.3) is 0 Å². The molecule has 1 aromatic heterocycles. The predicted molar refractivity (Wildman–Crippen MR) is 84.9 cm³/mol. The van der Waals surface area contributed by atoms with E-state index in [0.717, 1.165) is 37.9 Å². The lowest BCUT2D eigenvalue weighted by molar-refractivity contribution is -0.139. The molecule has 0 spiro atoms. The number of rotatable bonds is 6. The summed E-state index contributed by atoms with van der Waals surface area (Å²) >= 11 is 0. The SMILES string of the molecule is CCC(C)OCC(=O)N1CCC(Oc2ccc(C)cn2)CC1. The van der Waals surface area contributed by atoms with Gasteiger partial charge in [-0.15, -0.1) is 0 Å². The Morgan fingerprint density at radius 3 is 2.73 bits per heavy atom. The molecule has 0 bridgehead atoms. The van der Waals surface area contributed by atoms with Gasteiger partial charge >= 0.3 is 0 Å². The highest BCUT2D eigenvalue weighted by Gasteiger charge is 2.24. The second kappa shape index (κ2) is 8.13. The third kappa shape index (κ3) is 4.98. The summed E-state index contributed by atoms with van der Waals surface area (Å²) in [7, 11) is 0. The van der Waals surface area contributed by atoms with Gasteiger partial charge in [0.2, 0.25) is 11.8 Å². The second-order valence-electron chi connectivity index (χ2n) is 5.90. The summed E-state index contributed by atoms with van der Waals surface area (Å²) in [6, 6.07) is 3.89. The number of ether oxygens (including phenoxy) is 2. The average molecular weight is 306 g/mol. The van der Waals surface area contributed by atoms with E-state index in [1.807, 2.05) is 30.9 Å². The molecule has 0 saturated carbocycles. The van der Waals surface area contributed by atoms with Crippen LogP contribution in [0, 0.1) is 6.92 Å². The van der Waals surface area contributed by atoms with Crippen molar-refractivity contribution >= 4 is 5.91 Å². The van der Waals surface area contributed by atoms with Gasteiger partial charge in [-0.2, -0.15) is 0 Å². The molecule has 1 fully saturated rings. The smallest absolute Gasteiger partial charge is 0.248 e. The molecule has 5 nitrogen and oxygen atoms in total. The molecule has 0 aromatic carbocycles. The van der Waals surface area contributed by atoms with Gasteiger partial charge in [-0.1, -0.05) is 13.0 Å². The third-order valence-corrected chi connectivity index (χ3v) is 4.03. The summed E-state index contributed by atoms with van der Waals surface area (Å²) in [6.07, 6.45) is 4.68. The standard InChI is InChI=1S/C17H26N2O3/c1-4-14(3)21-12-17(20)19-9-7-15(8-10-19)22-16-6-5-13(2)11-18-16/h5-6,11,14-15H,4,7-10,12H2,1-3H3. The van der Waals surface area contributed by atoms with Gasteiger partial charge in [-0.3, -0.25) is 4.79 Å². The zero-order chi connectivity index (χ0) is 15.9. The normalized spacial score (nSPS) is 17.3. The highest BCUT2D eigenvalue weighted by molar-refractivity contribution is 5.77. The maximum Gasteiger partial charge on any atom is 0.248 e. The number of carbonyl (C=O) groups excluding carboxylic acids is 1. The molecule has 0 N–H and O–H groups in total. The van der Waals surface area contributed by atoms with E-state index in [1.54, 1.807) is 6.20 Å². The van der Waals surface area contributed by atoms with Crippen molar-refractivity contribution in [3.8, 4) is 5.88 Å². The molecule has 1 saturated heterocycles. The highest BCUT2D eigenvalue weighted by Crippen LogP contribution is 2.17. The minimum Gasteiger partial charge on any atom is -0.474 e. The van der Waals surface area contributed by atoms with Crippen molar-refractivity contribution in [2.75, 3.05) is 19.7 Å². The number of piperidine rings is 1. The van der Waals surface area contributed by atoms with Crippen LogP contribution in [-0.2, 0) is 9.53 Å². The Morgan fingerprint density at radius 1 is 1.41 bits per heavy atom. The van der Waals surface area contributed by atoms with Crippen LogP contribution in [0.3, 0.4) is 0 Å². The van der Waals surface area contributed by atoms with Gasteiger partial charge in [0.05, 0.1) is 6.10 Å². The van der Waals surface area contributed by atoms with Crippen LogP contribution < -0.4 is 4.74 Å². The van der Waals surface area contributed by atoms with Crippen molar-refractivity contribution in [1.82, 2.24) is 9.88 Å². The van der Waals surface area contributed by atoms with E-state index >= 15 is 0 Å². The molecule has 2 heterocycles. The van der Waals surface area contributed by atoms with Crippen molar-refractivity contribution in [2.24, 2.45) is 0 Å². The van der Waals surface area contributed by atoms with Crippen molar-refractivity contribution in [1.29, 1.82) is 0 Å². The fourth-order valence-electron chi connectivity index (χ4n) is 2.34. The average Bonchev–Trinajstić information content (AvgIpc) is 2.55. The van der Waals surface area contributed by atoms with E-state index in [0.29, 0.717) is 5.88 Å². The lowest BCUT2D eigenvalue weighted by Gasteiger charge is -2.32. The Balaban J connectivity index is 1.73. The molecule has 22 heavy (non-hydrogen) atoms. The van der Waals surface area contributed by atoms with E-state index in [1.165, 1.54) is 0 Å². The summed E-state index contributed by atoms with van der Waals surface area (Å²) < 4.78 is 11.4. The topological polar surface area (TPSA) is 51.7 Å². The van der Waals surface area contributed by atoms with Gasteiger partial charge in [0.15, 0.2) is 0 Å². The fourth-order valence-corrected chi connectivity index (χ4v) is 2.34. The molecule has 1 aromatic rings. The number of nitrogens with zero attached hydrogens (tertiary/aromatic N) is 2. The number of likely N-dealkylation sites (tertiary alicyclic amines) is 1. The number of hydrogen-bond donors (Lipinski definition) is 0. The van der Waals surface area contributed by atoms with E-state index in [-0.39, 0.29) is 24.7 Å². The Labute approximate surface area is 132 Å². The number of hydrogen-bond acceptors (Lipinski definition) is 4. The predicted octanol–water partition coefficient (Wildman–Crippen LogP) is 2.57. The van der Waals surface area contributed by atoms with Gasteiger partial charge in [-0.25, -0.2) is 4.98 Å². The first-order chi connectivity index (χ1) is 10.6. The van der Waals surface area contributed by atoms with Crippen molar-refractivity contribution in [3.63, 3.8) is 0 Å². The maximum atomic E-state index is 12.1. The lowest BCUT2D eigenvalue weighted by Crippen LogP contribution is -2.43. The molecular weight excluding hydrogens is 280 g/mol. The lowest BCUT2D eigenvalue weighted by atomic mass is 10.1. The molecule has 2 rings (SSSR count). The van der Waals surface area contributed by atoms with Crippen LogP contribution in [-0.4, -0.2) is 47.7 Å². The molecule has 1 aliphatic rings. The summed E-state index contributed by atoms with van der Waals surface area (Å²) in [5.41, 5.74) is 1.12. The minimum atomic E-state index is 0.0761. The molecular formula is C17H26N2O3. The number of aryl methyl sites for hydroxylation is 1. The molecule has 122 valence electrons.